The molecule has 3 rings (SSSR count). The van der Waals surface area contributed by atoms with Crippen molar-refractivity contribution in [3.8, 4) is 5.75 Å². The Labute approximate surface area is 143 Å². The van der Waals surface area contributed by atoms with Crippen molar-refractivity contribution < 1.29 is 19.0 Å². The van der Waals surface area contributed by atoms with Crippen LogP contribution in [-0.2, 0) is 9.47 Å². The number of carbonyl (C=O) groups is 1. The average Bonchev–Trinajstić information content (AvgIpc) is 2.97. The predicted molar refractivity (Wildman–Crippen MR) is 91.8 cm³/mol. The zero-order valence-electron chi connectivity index (χ0n) is 14.8. The molecule has 2 aliphatic rings. The third kappa shape index (κ3) is 3.35. The molecule has 2 fully saturated rings. The molecule has 0 saturated carbocycles. The number of nitrogens with zero attached hydrogens (tertiary/aromatic N) is 1. The third-order valence-electron chi connectivity index (χ3n) is 4.73. The maximum absolute atomic E-state index is 12.8. The Hall–Kier alpha value is -1.79. The SMILES string of the molecule is COc1cc(C)cc(NC(=O)N2C[C@H](C)O[C@@]3(CCOC3)C2)c1C. The molecule has 132 valence electrons. The van der Waals surface area contributed by atoms with Crippen LogP contribution in [0, 0.1) is 13.8 Å². The molecule has 0 bridgehead atoms. The van der Waals surface area contributed by atoms with Gasteiger partial charge in [-0.05, 0) is 38.5 Å². The highest BCUT2D eigenvalue weighted by Gasteiger charge is 2.44. The standard InChI is InChI=1S/C18H26N2O4/c1-12-7-15(14(3)16(8-12)22-4)19-17(21)20-9-13(2)24-18(10-20)5-6-23-11-18/h7-8,13H,5-6,9-11H2,1-4H3,(H,19,21)/t13-,18-/m0/s1. The zero-order valence-corrected chi connectivity index (χ0v) is 14.8. The molecule has 1 N–H and O–H groups in total. The van der Waals surface area contributed by atoms with E-state index < -0.39 is 0 Å². The van der Waals surface area contributed by atoms with Gasteiger partial charge in [-0.15, -0.1) is 0 Å². The Morgan fingerprint density at radius 2 is 2.21 bits per heavy atom. The lowest BCUT2D eigenvalue weighted by Crippen LogP contribution is -2.57. The molecular weight excluding hydrogens is 308 g/mol. The summed E-state index contributed by atoms with van der Waals surface area (Å²) in [6, 6.07) is 3.83. The highest BCUT2D eigenvalue weighted by atomic mass is 16.6. The van der Waals surface area contributed by atoms with Crippen molar-refractivity contribution in [3.05, 3.63) is 23.3 Å². The minimum atomic E-state index is -0.353. The summed E-state index contributed by atoms with van der Waals surface area (Å²) in [5.74, 6) is 0.779. The van der Waals surface area contributed by atoms with Crippen molar-refractivity contribution in [2.75, 3.05) is 38.7 Å². The molecule has 1 aromatic rings. The second-order valence-electron chi connectivity index (χ2n) is 6.86. The van der Waals surface area contributed by atoms with Crippen LogP contribution in [0.3, 0.4) is 0 Å². The van der Waals surface area contributed by atoms with Crippen molar-refractivity contribution in [2.45, 2.75) is 38.9 Å². The Morgan fingerprint density at radius 3 is 2.88 bits per heavy atom. The molecule has 6 nitrogen and oxygen atoms in total. The van der Waals surface area contributed by atoms with Crippen LogP contribution in [0.2, 0.25) is 0 Å². The molecule has 2 atom stereocenters. The van der Waals surface area contributed by atoms with Crippen LogP contribution in [0.5, 0.6) is 5.75 Å². The number of hydrogen-bond acceptors (Lipinski definition) is 4. The van der Waals surface area contributed by atoms with E-state index in [2.05, 4.69) is 5.32 Å². The van der Waals surface area contributed by atoms with Crippen LogP contribution >= 0.6 is 0 Å². The van der Waals surface area contributed by atoms with E-state index in [4.69, 9.17) is 14.2 Å². The van der Waals surface area contributed by atoms with Gasteiger partial charge < -0.3 is 24.4 Å². The molecule has 24 heavy (non-hydrogen) atoms. The van der Waals surface area contributed by atoms with E-state index in [0.717, 1.165) is 29.0 Å². The van der Waals surface area contributed by atoms with Gasteiger partial charge in [0.2, 0.25) is 0 Å². The molecule has 0 aliphatic carbocycles. The highest BCUT2D eigenvalue weighted by Crippen LogP contribution is 2.31. The van der Waals surface area contributed by atoms with Crippen molar-refractivity contribution in [2.24, 2.45) is 0 Å². The van der Waals surface area contributed by atoms with Gasteiger partial charge >= 0.3 is 6.03 Å². The van der Waals surface area contributed by atoms with Gasteiger partial charge in [0.05, 0.1) is 26.4 Å². The molecule has 2 saturated heterocycles. The average molecular weight is 334 g/mol. The first-order valence-corrected chi connectivity index (χ1v) is 8.39. The smallest absolute Gasteiger partial charge is 0.322 e. The summed E-state index contributed by atoms with van der Waals surface area (Å²) in [6.45, 7) is 8.32. The van der Waals surface area contributed by atoms with Crippen LogP contribution in [0.1, 0.15) is 24.5 Å². The Balaban J connectivity index is 1.76. The van der Waals surface area contributed by atoms with E-state index in [0.29, 0.717) is 26.3 Å². The number of rotatable bonds is 2. The first-order chi connectivity index (χ1) is 11.4. The Bertz CT molecular complexity index is 626. The van der Waals surface area contributed by atoms with E-state index in [1.165, 1.54) is 0 Å². The van der Waals surface area contributed by atoms with Gasteiger partial charge in [-0.1, -0.05) is 0 Å². The van der Waals surface area contributed by atoms with Crippen molar-refractivity contribution in [1.29, 1.82) is 0 Å². The van der Waals surface area contributed by atoms with Crippen LogP contribution < -0.4 is 10.1 Å². The molecule has 0 radical (unpaired) electrons. The number of aryl methyl sites for hydroxylation is 1. The maximum Gasteiger partial charge on any atom is 0.322 e. The molecule has 0 aromatic heterocycles. The molecule has 2 heterocycles. The van der Waals surface area contributed by atoms with Gasteiger partial charge in [0, 0.05) is 30.8 Å². The minimum absolute atomic E-state index is 0.000609. The Kier molecular flexibility index (Phi) is 4.69. The zero-order chi connectivity index (χ0) is 17.3. The summed E-state index contributed by atoms with van der Waals surface area (Å²) in [4.78, 5) is 14.6. The van der Waals surface area contributed by atoms with Crippen LogP contribution in [-0.4, -0.2) is 56.0 Å². The molecule has 2 amide bonds. The minimum Gasteiger partial charge on any atom is -0.496 e. The number of benzene rings is 1. The lowest BCUT2D eigenvalue weighted by molar-refractivity contribution is -0.136. The summed E-state index contributed by atoms with van der Waals surface area (Å²) < 4.78 is 17.0. The number of anilines is 1. The fraction of sp³-hybridized carbons (Fsp3) is 0.611. The van der Waals surface area contributed by atoms with Crippen molar-refractivity contribution in [3.63, 3.8) is 0 Å². The lowest BCUT2D eigenvalue weighted by Gasteiger charge is -2.42. The normalized spacial score (nSPS) is 26.7. The Morgan fingerprint density at radius 1 is 1.42 bits per heavy atom. The number of methoxy groups -OCH3 is 1. The second kappa shape index (κ2) is 6.61. The maximum atomic E-state index is 12.8. The number of morpholine rings is 1. The van der Waals surface area contributed by atoms with E-state index in [-0.39, 0.29) is 17.7 Å². The number of hydrogen-bond donors (Lipinski definition) is 1. The number of carbonyl (C=O) groups excluding carboxylic acids is 1. The van der Waals surface area contributed by atoms with Gasteiger partial charge in [0.15, 0.2) is 0 Å². The van der Waals surface area contributed by atoms with E-state index in [1.807, 2.05) is 37.8 Å². The summed E-state index contributed by atoms with van der Waals surface area (Å²) in [5.41, 5.74) is 2.40. The van der Waals surface area contributed by atoms with Gasteiger partial charge in [-0.3, -0.25) is 0 Å². The quantitative estimate of drug-likeness (QED) is 0.903. The van der Waals surface area contributed by atoms with Crippen LogP contribution in [0.4, 0.5) is 10.5 Å². The molecule has 0 unspecified atom stereocenters. The van der Waals surface area contributed by atoms with E-state index in [1.54, 1.807) is 7.11 Å². The number of ether oxygens (including phenoxy) is 3. The topological polar surface area (TPSA) is 60.0 Å². The first kappa shape index (κ1) is 17.0. The fourth-order valence-electron chi connectivity index (χ4n) is 3.55. The van der Waals surface area contributed by atoms with Crippen LogP contribution in [0.15, 0.2) is 12.1 Å². The summed E-state index contributed by atoms with van der Waals surface area (Å²) in [6.07, 6.45) is 0.831. The molecule has 1 spiro atoms. The lowest BCUT2D eigenvalue weighted by atomic mass is 9.99. The van der Waals surface area contributed by atoms with Crippen molar-refractivity contribution in [1.82, 2.24) is 4.90 Å². The number of nitrogens with one attached hydrogen (secondary N) is 1. The molecule has 2 aliphatic heterocycles. The van der Waals surface area contributed by atoms with E-state index in [9.17, 15) is 4.79 Å². The predicted octanol–water partition coefficient (Wildman–Crippen LogP) is 2.72. The van der Waals surface area contributed by atoms with Crippen molar-refractivity contribution >= 4 is 11.7 Å². The summed E-state index contributed by atoms with van der Waals surface area (Å²) in [5, 5.41) is 3.03. The molecule has 1 aromatic carbocycles. The summed E-state index contributed by atoms with van der Waals surface area (Å²) >= 11 is 0. The first-order valence-electron chi connectivity index (χ1n) is 8.39. The van der Waals surface area contributed by atoms with Gasteiger partial charge in [0.25, 0.3) is 0 Å². The van der Waals surface area contributed by atoms with Gasteiger partial charge in [-0.2, -0.15) is 0 Å². The van der Waals surface area contributed by atoms with E-state index >= 15 is 0 Å². The largest absolute Gasteiger partial charge is 0.496 e. The second-order valence-corrected chi connectivity index (χ2v) is 6.86. The summed E-state index contributed by atoms with van der Waals surface area (Å²) in [7, 11) is 1.64. The van der Waals surface area contributed by atoms with Crippen LogP contribution in [0.25, 0.3) is 0 Å². The van der Waals surface area contributed by atoms with Gasteiger partial charge in [-0.25, -0.2) is 4.79 Å². The third-order valence-corrected chi connectivity index (χ3v) is 4.73. The fourth-order valence-corrected chi connectivity index (χ4v) is 3.55. The number of amides is 2. The highest BCUT2D eigenvalue weighted by molar-refractivity contribution is 5.91. The molecular formula is C18H26N2O4. The number of urea groups is 1. The van der Waals surface area contributed by atoms with Gasteiger partial charge in [0.1, 0.15) is 11.4 Å². The monoisotopic (exact) mass is 334 g/mol. The molecule has 6 heteroatoms.